The third kappa shape index (κ3) is 4.64. The standard InChI is InChI=1S/C31H28ClNO7/c1-5-17-7-10-21(11-8-17)33-27(18-9-12-22(37-3)23(14-18)39-6-2)26(29(35)31(33)36)28(34)24-15-19-13-20(32)16-25(38-4)30(19)40-24/h7-16,27,35H,5-6H2,1-4H3. The van der Waals surface area contributed by atoms with Crippen LogP contribution in [0.3, 0.4) is 0 Å². The maximum atomic E-state index is 14.0. The Kier molecular flexibility index (Phi) is 7.45. The molecule has 8 nitrogen and oxygen atoms in total. The molecule has 0 aliphatic carbocycles. The van der Waals surface area contributed by atoms with Crippen molar-refractivity contribution >= 4 is 39.9 Å². The first-order chi connectivity index (χ1) is 19.3. The van der Waals surface area contributed by atoms with Gasteiger partial charge in [-0.1, -0.05) is 36.7 Å². The number of ketones is 1. The van der Waals surface area contributed by atoms with Crippen LogP contribution in [-0.4, -0.2) is 37.6 Å². The summed E-state index contributed by atoms with van der Waals surface area (Å²) in [6.45, 7) is 4.25. The van der Waals surface area contributed by atoms with E-state index in [1.807, 2.05) is 26.0 Å². The van der Waals surface area contributed by atoms with Crippen molar-refractivity contribution in [1.29, 1.82) is 0 Å². The van der Waals surface area contributed by atoms with E-state index in [2.05, 4.69) is 0 Å². The van der Waals surface area contributed by atoms with Gasteiger partial charge in [-0.2, -0.15) is 0 Å². The van der Waals surface area contributed by atoms with Gasteiger partial charge in [0, 0.05) is 22.2 Å². The largest absolute Gasteiger partial charge is 0.503 e. The number of hydrogen-bond acceptors (Lipinski definition) is 7. The Hall–Kier alpha value is -4.43. The zero-order valence-corrected chi connectivity index (χ0v) is 23.2. The maximum absolute atomic E-state index is 14.0. The van der Waals surface area contributed by atoms with E-state index in [1.165, 1.54) is 25.2 Å². The number of ether oxygens (including phenoxy) is 3. The number of benzene rings is 3. The molecule has 0 bridgehead atoms. The number of aliphatic hydroxyl groups excluding tert-OH is 1. The summed E-state index contributed by atoms with van der Waals surface area (Å²) < 4.78 is 22.5. The molecule has 5 rings (SSSR count). The van der Waals surface area contributed by atoms with Crippen molar-refractivity contribution in [3.05, 3.63) is 93.9 Å². The molecule has 1 unspecified atom stereocenters. The van der Waals surface area contributed by atoms with Crippen molar-refractivity contribution in [3.8, 4) is 17.2 Å². The summed E-state index contributed by atoms with van der Waals surface area (Å²) in [4.78, 5) is 29.0. The van der Waals surface area contributed by atoms with Crippen LogP contribution < -0.4 is 19.1 Å². The van der Waals surface area contributed by atoms with E-state index in [9.17, 15) is 14.7 Å². The fourth-order valence-corrected chi connectivity index (χ4v) is 5.14. The zero-order valence-electron chi connectivity index (χ0n) is 22.5. The molecule has 4 aromatic rings. The molecular weight excluding hydrogens is 534 g/mol. The van der Waals surface area contributed by atoms with Crippen LogP contribution >= 0.6 is 11.6 Å². The Morgan fingerprint density at radius 1 is 0.975 bits per heavy atom. The van der Waals surface area contributed by atoms with Gasteiger partial charge in [-0.3, -0.25) is 14.5 Å². The minimum Gasteiger partial charge on any atom is -0.503 e. The van der Waals surface area contributed by atoms with Crippen LogP contribution in [-0.2, 0) is 11.2 Å². The molecule has 0 fully saturated rings. The molecule has 9 heteroatoms. The van der Waals surface area contributed by atoms with Gasteiger partial charge in [0.1, 0.15) is 0 Å². The number of nitrogens with zero attached hydrogens (tertiary/aromatic N) is 1. The van der Waals surface area contributed by atoms with Gasteiger partial charge < -0.3 is 23.7 Å². The van der Waals surface area contributed by atoms with Gasteiger partial charge in [-0.15, -0.1) is 0 Å². The molecule has 3 aromatic carbocycles. The lowest BCUT2D eigenvalue weighted by molar-refractivity contribution is -0.117. The number of fused-ring (bicyclic) bond motifs is 1. The number of aliphatic hydroxyl groups is 1. The minimum absolute atomic E-state index is 0.0726. The van der Waals surface area contributed by atoms with Crippen molar-refractivity contribution in [2.45, 2.75) is 26.3 Å². The lowest BCUT2D eigenvalue weighted by atomic mass is 9.94. The van der Waals surface area contributed by atoms with E-state index in [1.54, 1.807) is 42.5 Å². The molecule has 1 atom stereocenters. The molecule has 1 amide bonds. The number of carbonyl (C=O) groups is 2. The van der Waals surface area contributed by atoms with Crippen molar-refractivity contribution in [2.75, 3.05) is 25.7 Å². The van der Waals surface area contributed by atoms with Crippen LogP contribution in [0.5, 0.6) is 17.2 Å². The predicted molar refractivity (Wildman–Crippen MR) is 152 cm³/mol. The summed E-state index contributed by atoms with van der Waals surface area (Å²) in [5, 5.41) is 12.1. The fraction of sp³-hybridized carbons (Fsp3) is 0.226. The molecule has 1 aromatic heterocycles. The maximum Gasteiger partial charge on any atom is 0.294 e. The Labute approximate surface area is 236 Å². The first kappa shape index (κ1) is 27.1. The second kappa shape index (κ2) is 11.0. The monoisotopic (exact) mass is 561 g/mol. The number of anilines is 1. The number of methoxy groups -OCH3 is 2. The minimum atomic E-state index is -0.976. The van der Waals surface area contributed by atoms with E-state index < -0.39 is 23.5 Å². The summed E-state index contributed by atoms with van der Waals surface area (Å²) in [5.74, 6) is -0.790. The number of hydrogen-bond donors (Lipinski definition) is 1. The average molecular weight is 562 g/mol. The number of Topliss-reactive ketones (excluding diaryl/α,β-unsaturated/α-hetero) is 1. The number of aryl methyl sites for hydroxylation is 1. The SMILES string of the molecule is CCOc1cc(C2C(C(=O)c3cc4cc(Cl)cc(OC)c4o3)=C(O)C(=O)N2c2ccc(CC)cc2)ccc1OC. The lowest BCUT2D eigenvalue weighted by Crippen LogP contribution is -2.31. The smallest absolute Gasteiger partial charge is 0.294 e. The highest BCUT2D eigenvalue weighted by Gasteiger charge is 2.45. The number of carbonyl (C=O) groups excluding carboxylic acids is 2. The molecule has 40 heavy (non-hydrogen) atoms. The average Bonchev–Trinajstić information content (AvgIpc) is 3.51. The van der Waals surface area contributed by atoms with E-state index in [-0.39, 0.29) is 11.3 Å². The second-order valence-electron chi connectivity index (χ2n) is 9.17. The molecule has 0 radical (unpaired) electrons. The first-order valence-electron chi connectivity index (χ1n) is 12.8. The first-order valence-corrected chi connectivity index (χ1v) is 13.2. The van der Waals surface area contributed by atoms with Crippen LogP contribution in [0.15, 0.2) is 76.4 Å². The molecular formula is C31H28ClNO7. The quantitative estimate of drug-likeness (QED) is 0.223. The van der Waals surface area contributed by atoms with Gasteiger partial charge >= 0.3 is 0 Å². The van der Waals surface area contributed by atoms with Crippen LogP contribution in [0, 0.1) is 0 Å². The molecule has 206 valence electrons. The Bertz CT molecular complexity index is 1640. The molecule has 2 heterocycles. The molecule has 1 aliphatic rings. The lowest BCUT2D eigenvalue weighted by Gasteiger charge is -2.27. The summed E-state index contributed by atoms with van der Waals surface area (Å²) in [6, 6.07) is 16.3. The Balaban J connectivity index is 1.68. The molecule has 1 aliphatic heterocycles. The third-order valence-electron chi connectivity index (χ3n) is 6.87. The summed E-state index contributed by atoms with van der Waals surface area (Å²) in [5.41, 5.74) is 2.35. The Morgan fingerprint density at radius 2 is 1.70 bits per heavy atom. The highest BCUT2D eigenvalue weighted by atomic mass is 35.5. The number of amides is 1. The molecule has 0 saturated heterocycles. The third-order valence-corrected chi connectivity index (χ3v) is 7.09. The number of rotatable bonds is 9. The molecule has 0 saturated carbocycles. The van der Waals surface area contributed by atoms with Crippen molar-refractivity contribution in [3.63, 3.8) is 0 Å². The van der Waals surface area contributed by atoms with E-state index in [0.717, 1.165) is 12.0 Å². The summed E-state index contributed by atoms with van der Waals surface area (Å²) in [6.07, 6.45) is 0.820. The van der Waals surface area contributed by atoms with E-state index in [0.29, 0.717) is 51.1 Å². The highest BCUT2D eigenvalue weighted by molar-refractivity contribution is 6.31. The van der Waals surface area contributed by atoms with Gasteiger partial charge in [0.25, 0.3) is 5.91 Å². The van der Waals surface area contributed by atoms with Crippen LogP contribution in [0.1, 0.15) is 41.6 Å². The van der Waals surface area contributed by atoms with Crippen molar-refractivity contribution in [2.24, 2.45) is 0 Å². The number of furan rings is 1. The molecule has 0 spiro atoms. The topological polar surface area (TPSA) is 98.4 Å². The van der Waals surface area contributed by atoms with Crippen molar-refractivity contribution < 1.29 is 33.3 Å². The predicted octanol–water partition coefficient (Wildman–Crippen LogP) is 6.85. The van der Waals surface area contributed by atoms with E-state index >= 15 is 0 Å². The normalized spacial score (nSPS) is 15.2. The van der Waals surface area contributed by atoms with Gasteiger partial charge in [-0.05, 0) is 60.9 Å². The zero-order chi connectivity index (χ0) is 28.6. The van der Waals surface area contributed by atoms with E-state index in [4.69, 9.17) is 30.2 Å². The summed E-state index contributed by atoms with van der Waals surface area (Å²) in [7, 11) is 3.00. The van der Waals surface area contributed by atoms with Crippen LogP contribution in [0.25, 0.3) is 11.0 Å². The van der Waals surface area contributed by atoms with Crippen molar-refractivity contribution in [1.82, 2.24) is 0 Å². The fourth-order valence-electron chi connectivity index (χ4n) is 4.93. The summed E-state index contributed by atoms with van der Waals surface area (Å²) >= 11 is 6.21. The highest BCUT2D eigenvalue weighted by Crippen LogP contribution is 2.45. The van der Waals surface area contributed by atoms with Crippen LogP contribution in [0.2, 0.25) is 5.02 Å². The Morgan fingerprint density at radius 3 is 2.35 bits per heavy atom. The number of halogens is 1. The van der Waals surface area contributed by atoms with Gasteiger partial charge in [-0.25, -0.2) is 0 Å². The van der Waals surface area contributed by atoms with Gasteiger partial charge in [0.2, 0.25) is 5.78 Å². The van der Waals surface area contributed by atoms with Crippen LogP contribution in [0.4, 0.5) is 5.69 Å². The van der Waals surface area contributed by atoms with Gasteiger partial charge in [0.05, 0.1) is 32.4 Å². The second-order valence-corrected chi connectivity index (χ2v) is 9.61. The molecule has 1 N–H and O–H groups in total. The van der Waals surface area contributed by atoms with Gasteiger partial charge in [0.15, 0.2) is 34.4 Å².